The third-order valence-electron chi connectivity index (χ3n) is 2.98. The van der Waals surface area contributed by atoms with E-state index in [0.29, 0.717) is 0 Å². The lowest BCUT2D eigenvalue weighted by Gasteiger charge is -2.32. The van der Waals surface area contributed by atoms with Gasteiger partial charge in [-0.1, -0.05) is 6.92 Å². The molecule has 1 N–H and O–H groups in total. The fourth-order valence-corrected chi connectivity index (χ4v) is 1.99. The van der Waals surface area contributed by atoms with Crippen LogP contribution in [0.2, 0.25) is 0 Å². The van der Waals surface area contributed by atoms with E-state index < -0.39 is 0 Å². The van der Waals surface area contributed by atoms with Crippen molar-refractivity contribution in [2.75, 3.05) is 20.6 Å². The summed E-state index contributed by atoms with van der Waals surface area (Å²) in [7, 11) is 4.22. The molecular weight excluding hydrogens is 218 g/mol. The molecule has 0 spiro atoms. The molecule has 0 radical (unpaired) electrons. The normalized spacial score (nSPS) is 12.4. The second-order valence-electron chi connectivity index (χ2n) is 4.90. The SMILES string of the molecule is CCc1nc(CNCC(C)(C)N(C)C)cs1. The molecule has 3 nitrogen and oxygen atoms in total. The minimum Gasteiger partial charge on any atom is -0.309 e. The van der Waals surface area contributed by atoms with E-state index >= 15 is 0 Å². The van der Waals surface area contributed by atoms with Crippen LogP contribution < -0.4 is 5.32 Å². The Morgan fingerprint density at radius 2 is 2.12 bits per heavy atom. The first kappa shape index (κ1) is 13.6. The molecule has 0 unspecified atom stereocenters. The van der Waals surface area contributed by atoms with E-state index in [9.17, 15) is 0 Å². The molecular formula is C12H23N3S. The summed E-state index contributed by atoms with van der Waals surface area (Å²) in [4.78, 5) is 6.77. The number of likely N-dealkylation sites (N-methyl/N-ethyl adjacent to an activating group) is 1. The summed E-state index contributed by atoms with van der Waals surface area (Å²) in [6.45, 7) is 8.45. The monoisotopic (exact) mass is 241 g/mol. The average Bonchev–Trinajstić information content (AvgIpc) is 2.65. The number of nitrogens with one attached hydrogen (secondary N) is 1. The van der Waals surface area contributed by atoms with Crippen LogP contribution in [0, 0.1) is 0 Å². The topological polar surface area (TPSA) is 28.2 Å². The Morgan fingerprint density at radius 3 is 2.62 bits per heavy atom. The molecule has 0 aliphatic rings. The van der Waals surface area contributed by atoms with Crippen molar-refractivity contribution in [2.24, 2.45) is 0 Å². The van der Waals surface area contributed by atoms with Gasteiger partial charge in [0.1, 0.15) is 0 Å². The lowest BCUT2D eigenvalue weighted by molar-refractivity contribution is 0.189. The predicted molar refractivity (Wildman–Crippen MR) is 71.0 cm³/mol. The molecule has 16 heavy (non-hydrogen) atoms. The smallest absolute Gasteiger partial charge is 0.0926 e. The quantitative estimate of drug-likeness (QED) is 0.827. The Balaban J connectivity index is 2.35. The summed E-state index contributed by atoms with van der Waals surface area (Å²) in [6, 6.07) is 0. The Labute approximate surface area is 103 Å². The van der Waals surface area contributed by atoms with Crippen LogP contribution in [-0.4, -0.2) is 36.1 Å². The maximum absolute atomic E-state index is 4.54. The molecule has 0 fully saturated rings. The van der Waals surface area contributed by atoms with Crippen LogP contribution >= 0.6 is 11.3 Å². The molecule has 1 aromatic rings. The number of nitrogens with zero attached hydrogens (tertiary/aromatic N) is 2. The molecule has 0 saturated heterocycles. The molecule has 0 amide bonds. The first-order chi connectivity index (χ1) is 7.45. The molecule has 0 saturated carbocycles. The van der Waals surface area contributed by atoms with Crippen LogP contribution in [0.1, 0.15) is 31.5 Å². The van der Waals surface area contributed by atoms with E-state index in [2.05, 4.69) is 55.4 Å². The molecule has 0 bridgehead atoms. The van der Waals surface area contributed by atoms with E-state index in [1.165, 1.54) is 5.01 Å². The van der Waals surface area contributed by atoms with Gasteiger partial charge in [-0.15, -0.1) is 11.3 Å². The summed E-state index contributed by atoms with van der Waals surface area (Å²) in [5.74, 6) is 0. The zero-order valence-corrected chi connectivity index (χ0v) is 11.8. The van der Waals surface area contributed by atoms with Gasteiger partial charge in [0.25, 0.3) is 0 Å². The maximum atomic E-state index is 4.54. The molecule has 1 rings (SSSR count). The second kappa shape index (κ2) is 5.75. The minimum atomic E-state index is 0.184. The number of aryl methyl sites for hydroxylation is 1. The van der Waals surface area contributed by atoms with Gasteiger partial charge in [-0.05, 0) is 34.4 Å². The summed E-state index contributed by atoms with van der Waals surface area (Å²) >= 11 is 1.75. The number of rotatable bonds is 6. The highest BCUT2D eigenvalue weighted by Crippen LogP contribution is 2.11. The van der Waals surface area contributed by atoms with Crippen molar-refractivity contribution in [1.82, 2.24) is 15.2 Å². The lowest BCUT2D eigenvalue weighted by atomic mass is 10.0. The van der Waals surface area contributed by atoms with Gasteiger partial charge < -0.3 is 10.2 Å². The fraction of sp³-hybridized carbons (Fsp3) is 0.750. The summed E-state index contributed by atoms with van der Waals surface area (Å²) in [5, 5.41) is 6.84. The van der Waals surface area contributed by atoms with Crippen LogP contribution in [0.5, 0.6) is 0 Å². The maximum Gasteiger partial charge on any atom is 0.0926 e. The zero-order valence-electron chi connectivity index (χ0n) is 11.0. The van der Waals surface area contributed by atoms with Crippen LogP contribution in [0.3, 0.4) is 0 Å². The Morgan fingerprint density at radius 1 is 1.44 bits per heavy atom. The highest BCUT2D eigenvalue weighted by atomic mass is 32.1. The van der Waals surface area contributed by atoms with Crippen molar-refractivity contribution >= 4 is 11.3 Å². The van der Waals surface area contributed by atoms with Crippen molar-refractivity contribution in [1.29, 1.82) is 0 Å². The van der Waals surface area contributed by atoms with Gasteiger partial charge in [-0.25, -0.2) is 4.98 Å². The largest absolute Gasteiger partial charge is 0.309 e. The van der Waals surface area contributed by atoms with Crippen molar-refractivity contribution in [3.63, 3.8) is 0 Å². The lowest BCUT2D eigenvalue weighted by Crippen LogP contribution is -2.46. The predicted octanol–water partition coefficient (Wildman–Crippen LogP) is 2.14. The molecule has 0 aliphatic carbocycles. The summed E-state index contributed by atoms with van der Waals surface area (Å²) in [5.41, 5.74) is 1.35. The molecule has 0 aromatic carbocycles. The van der Waals surface area contributed by atoms with E-state index in [-0.39, 0.29) is 5.54 Å². The number of thiazole rings is 1. The van der Waals surface area contributed by atoms with Gasteiger partial charge in [-0.2, -0.15) is 0 Å². The molecule has 0 atom stereocenters. The first-order valence-corrected chi connectivity index (χ1v) is 6.65. The Bertz CT molecular complexity index is 318. The molecule has 0 aliphatic heterocycles. The van der Waals surface area contributed by atoms with Crippen LogP contribution in [0.25, 0.3) is 0 Å². The summed E-state index contributed by atoms with van der Waals surface area (Å²) in [6.07, 6.45) is 1.04. The Hall–Kier alpha value is -0.450. The summed E-state index contributed by atoms with van der Waals surface area (Å²) < 4.78 is 0. The van der Waals surface area contributed by atoms with Crippen molar-refractivity contribution in [2.45, 2.75) is 39.3 Å². The average molecular weight is 241 g/mol. The second-order valence-corrected chi connectivity index (χ2v) is 5.84. The van der Waals surface area contributed by atoms with Gasteiger partial charge in [0.2, 0.25) is 0 Å². The van der Waals surface area contributed by atoms with E-state index in [4.69, 9.17) is 0 Å². The molecule has 1 heterocycles. The van der Waals surface area contributed by atoms with Crippen LogP contribution in [-0.2, 0) is 13.0 Å². The van der Waals surface area contributed by atoms with Crippen molar-refractivity contribution < 1.29 is 0 Å². The van der Waals surface area contributed by atoms with E-state index in [0.717, 1.165) is 25.2 Å². The van der Waals surface area contributed by atoms with Gasteiger partial charge in [0.15, 0.2) is 0 Å². The third kappa shape index (κ3) is 3.85. The van der Waals surface area contributed by atoms with Gasteiger partial charge >= 0.3 is 0 Å². The molecule has 92 valence electrons. The van der Waals surface area contributed by atoms with E-state index in [1.54, 1.807) is 11.3 Å². The minimum absolute atomic E-state index is 0.184. The molecule has 4 heteroatoms. The highest BCUT2D eigenvalue weighted by molar-refractivity contribution is 7.09. The zero-order chi connectivity index (χ0) is 12.2. The number of hydrogen-bond acceptors (Lipinski definition) is 4. The third-order valence-corrected chi connectivity index (χ3v) is 4.02. The van der Waals surface area contributed by atoms with Crippen molar-refractivity contribution in [3.8, 4) is 0 Å². The fourth-order valence-electron chi connectivity index (χ4n) is 1.25. The standard InChI is InChI=1S/C12H23N3S/c1-6-11-14-10(8-16-11)7-13-9-12(2,3)15(4)5/h8,13H,6-7,9H2,1-5H3. The highest BCUT2D eigenvalue weighted by Gasteiger charge is 2.19. The van der Waals surface area contributed by atoms with Crippen molar-refractivity contribution in [3.05, 3.63) is 16.1 Å². The number of aromatic nitrogens is 1. The molecule has 1 aromatic heterocycles. The number of hydrogen-bond donors (Lipinski definition) is 1. The van der Waals surface area contributed by atoms with Crippen LogP contribution in [0.4, 0.5) is 0 Å². The first-order valence-electron chi connectivity index (χ1n) is 5.77. The van der Waals surface area contributed by atoms with Gasteiger partial charge in [-0.3, -0.25) is 0 Å². The Kier molecular flexibility index (Phi) is 4.89. The van der Waals surface area contributed by atoms with Crippen LogP contribution in [0.15, 0.2) is 5.38 Å². The van der Waals surface area contributed by atoms with Gasteiger partial charge in [0, 0.05) is 24.0 Å². The van der Waals surface area contributed by atoms with E-state index in [1.807, 2.05) is 0 Å². The van der Waals surface area contributed by atoms with Gasteiger partial charge in [0.05, 0.1) is 10.7 Å².